The lowest BCUT2D eigenvalue weighted by Crippen LogP contribution is -2.44. The molecule has 4 aliphatic rings. The van der Waals surface area contributed by atoms with Crippen LogP contribution in [0, 0.1) is 20.8 Å². The molecule has 111 heavy (non-hydrogen) atoms. The van der Waals surface area contributed by atoms with Crippen molar-refractivity contribution in [3.05, 3.63) is 229 Å². The first-order chi connectivity index (χ1) is 54.0. The Morgan fingerprint density at radius 3 is 1.35 bits per heavy atom. The molecule has 20 heterocycles. The van der Waals surface area contributed by atoms with E-state index in [1.807, 2.05) is 150 Å². The van der Waals surface area contributed by atoms with Crippen molar-refractivity contribution in [1.29, 1.82) is 0 Å². The van der Waals surface area contributed by atoms with E-state index < -0.39 is 11.3 Å². The zero-order chi connectivity index (χ0) is 76.0. The van der Waals surface area contributed by atoms with Gasteiger partial charge in [0.05, 0.1) is 50.1 Å². The van der Waals surface area contributed by atoms with Gasteiger partial charge in [-0.05, 0) is 125 Å². The van der Waals surface area contributed by atoms with Gasteiger partial charge in [0.25, 0.3) is 0 Å². The molecule has 0 aliphatic carbocycles. The van der Waals surface area contributed by atoms with Gasteiger partial charge in [0.1, 0.15) is 51.3 Å². The van der Waals surface area contributed by atoms with E-state index in [0.717, 1.165) is 184 Å². The number of pyridine rings is 7. The van der Waals surface area contributed by atoms with Crippen LogP contribution < -0.4 is 52.7 Å². The average molecular weight is 1510 g/mol. The summed E-state index contributed by atoms with van der Waals surface area (Å²) in [7, 11) is 4.25. The van der Waals surface area contributed by atoms with E-state index in [4.69, 9.17) is 29.3 Å². The third-order valence-corrected chi connectivity index (χ3v) is 20.6. The number of aryl methyl sites for hydroxylation is 3. The molecule has 0 bridgehead atoms. The van der Waals surface area contributed by atoms with Crippen LogP contribution in [0.1, 0.15) is 23.1 Å². The number of likely N-dealkylation sites (N-methyl/N-ethyl adjacent to an activating group) is 2. The molecule has 0 atom stereocenters. The van der Waals surface area contributed by atoms with Crippen LogP contribution in [0.5, 0.6) is 0 Å². The van der Waals surface area contributed by atoms with Gasteiger partial charge in [-0.3, -0.25) is 4.40 Å². The first-order valence-corrected chi connectivity index (χ1v) is 37.3. The fraction of sp³-hybridized carbons (Fsp3) is 0.272. The number of rotatable bonds is 8. The first kappa shape index (κ1) is 71.4. The van der Waals surface area contributed by atoms with Crippen molar-refractivity contribution >= 4 is 102 Å². The molecule has 562 valence electrons. The van der Waals surface area contributed by atoms with E-state index in [2.05, 4.69) is 99.0 Å². The van der Waals surface area contributed by atoms with Crippen LogP contribution >= 0.6 is 11.6 Å². The van der Waals surface area contributed by atoms with Gasteiger partial charge in [-0.1, -0.05) is 23.7 Å². The van der Waals surface area contributed by atoms with Crippen molar-refractivity contribution in [3.63, 3.8) is 0 Å². The Morgan fingerprint density at radius 1 is 0.387 bits per heavy atom. The summed E-state index contributed by atoms with van der Waals surface area (Å²) in [5.74, 6) is 3.88. The van der Waals surface area contributed by atoms with Crippen molar-refractivity contribution in [2.45, 2.75) is 27.2 Å². The van der Waals surface area contributed by atoms with E-state index in [0.29, 0.717) is 83.9 Å². The number of hydrogen-bond acceptors (Lipinski definition) is 25. The van der Waals surface area contributed by atoms with Crippen LogP contribution in [-0.2, 0) is 0 Å². The van der Waals surface area contributed by atoms with E-state index in [-0.39, 0.29) is 11.3 Å². The molecular weight excluding hydrogens is 1430 g/mol. The lowest BCUT2D eigenvalue weighted by Gasteiger charge is -2.33. The van der Waals surface area contributed by atoms with Gasteiger partial charge in [0.2, 0.25) is 11.5 Å². The van der Waals surface area contributed by atoms with Gasteiger partial charge in [-0.25, -0.2) is 59.0 Å². The van der Waals surface area contributed by atoms with Crippen molar-refractivity contribution in [2.75, 3.05) is 138 Å². The standard InChI is InChI=1S/C21H21N5O2.C20H18ClN5O2.C20H20N6O2.C20H19N5O2/c1-14-3-4-19-23-17(13-26(19)12-14)16-9-15-11-22-20(10-18(15)28-21(16)27)25-7-5-24(2)6-8-25;1-12-6-15(21)19-24-16(11-26(19)10-12)14-7-13-9-23-18(8-17(13)28-20(14)27)25-4-2-22-3-5-25;1-24-7-3-9-25(11-10-24)17-5-4-14-12-15(19(27)28-18(14)23-17)16-13-26-8-2-6-21-20(26)22-16;1-13-2-3-18-23-16(12-25(18)11-13)15-8-14-10-22-19(9-17(14)27-20(15)26)24-6-4-21-5-7-24/h3-4,9-13H,5-8H2,1-2H3;6-11,22H,2-5H2,1H3;2,4-6,8,12-13H,3,7,9-11H2,1H3;2-3,8-12,21H,4-7H2,1H3. The number of hydrogen-bond donors (Lipinski definition) is 2. The summed E-state index contributed by atoms with van der Waals surface area (Å²) in [6, 6.07) is 28.2. The molecule has 4 fully saturated rings. The highest BCUT2D eigenvalue weighted by atomic mass is 35.5. The van der Waals surface area contributed by atoms with Crippen LogP contribution in [0.2, 0.25) is 5.02 Å². The Morgan fingerprint density at radius 2 is 0.829 bits per heavy atom. The maximum atomic E-state index is 12.7. The summed E-state index contributed by atoms with van der Waals surface area (Å²) >= 11 is 6.29. The van der Waals surface area contributed by atoms with E-state index in [9.17, 15) is 19.2 Å². The fourth-order valence-corrected chi connectivity index (χ4v) is 14.6. The number of piperazine rings is 3. The molecule has 0 unspecified atom stereocenters. The molecule has 16 aromatic heterocycles. The minimum Gasteiger partial charge on any atom is -0.422 e. The fourth-order valence-electron chi connectivity index (χ4n) is 14.3. The summed E-state index contributed by atoms with van der Waals surface area (Å²) < 4.78 is 29.8. The Labute approximate surface area is 638 Å². The average Bonchev–Trinajstić information content (AvgIpc) is 1.48. The predicted molar refractivity (Wildman–Crippen MR) is 429 cm³/mol. The number of halogens is 1. The molecule has 16 aromatic rings. The molecule has 0 amide bonds. The molecule has 0 radical (unpaired) electrons. The highest BCUT2D eigenvalue weighted by Crippen LogP contribution is 2.31. The second kappa shape index (κ2) is 30.5. The van der Waals surface area contributed by atoms with Gasteiger partial charge in [0, 0.05) is 212 Å². The number of aromatic nitrogens is 13. The monoisotopic (exact) mass is 1510 g/mol. The molecule has 4 saturated heterocycles. The number of anilines is 4. The summed E-state index contributed by atoms with van der Waals surface area (Å²) in [4.78, 5) is 104. The second-order valence-electron chi connectivity index (χ2n) is 28.4. The smallest absolute Gasteiger partial charge is 0.347 e. The Balaban J connectivity index is 0.000000108. The highest BCUT2D eigenvalue weighted by molar-refractivity contribution is 6.33. The van der Waals surface area contributed by atoms with Gasteiger partial charge < -0.3 is 70.9 Å². The molecule has 0 spiro atoms. The van der Waals surface area contributed by atoms with E-state index in [1.54, 1.807) is 53.7 Å². The van der Waals surface area contributed by atoms with Crippen molar-refractivity contribution in [3.8, 4) is 45.0 Å². The second-order valence-corrected chi connectivity index (χ2v) is 28.8. The Hall–Kier alpha value is -12.5. The van der Waals surface area contributed by atoms with Gasteiger partial charge in [0.15, 0.2) is 5.65 Å². The van der Waals surface area contributed by atoms with Crippen LogP contribution in [0.15, 0.2) is 202 Å². The molecule has 20 rings (SSSR count). The van der Waals surface area contributed by atoms with Crippen LogP contribution in [-0.4, -0.2) is 191 Å². The molecule has 30 heteroatoms. The molecule has 29 nitrogen and oxygen atoms in total. The summed E-state index contributed by atoms with van der Waals surface area (Å²) in [5.41, 5.74) is 9.73. The van der Waals surface area contributed by atoms with Gasteiger partial charge in [-0.15, -0.1) is 0 Å². The zero-order valence-corrected chi connectivity index (χ0v) is 62.5. The van der Waals surface area contributed by atoms with Gasteiger partial charge in [-0.2, -0.15) is 4.98 Å². The highest BCUT2D eigenvalue weighted by Gasteiger charge is 2.23. The third kappa shape index (κ3) is 15.2. The number of nitrogens with zero attached hydrogens (tertiary/aromatic N) is 19. The zero-order valence-electron chi connectivity index (χ0n) is 61.8. The topological polar surface area (TPSA) is 298 Å². The lowest BCUT2D eigenvalue weighted by molar-refractivity contribution is 0.312. The maximum Gasteiger partial charge on any atom is 0.347 e. The lowest BCUT2D eigenvalue weighted by atomic mass is 10.2. The van der Waals surface area contributed by atoms with Crippen molar-refractivity contribution < 1.29 is 17.7 Å². The minimum absolute atomic E-state index is 0.353. The molecule has 4 aliphatic heterocycles. The number of nitrogens with one attached hydrogen (secondary N) is 2. The van der Waals surface area contributed by atoms with Crippen molar-refractivity contribution in [2.24, 2.45) is 0 Å². The SMILES string of the molecule is CN1CCCN(c2ccc3cc(-c4cn5cccnc5n4)c(=O)oc3n2)CC1.Cc1cc(Cl)c2nc(-c3cc4cnc(N5CCNCC5)cc4oc3=O)cn2c1.Cc1ccc2nc(-c3cc4cnc(N5CCN(C)CC5)cc4oc3=O)cn2c1.Cc1ccc2nc(-c3cc4cnc(N5CCNCC5)cc4oc3=O)cn2c1. The van der Waals surface area contributed by atoms with Gasteiger partial charge >= 0.3 is 22.5 Å². The van der Waals surface area contributed by atoms with Crippen molar-refractivity contribution in [1.82, 2.24) is 82.9 Å². The normalized spacial score (nSPS) is 15.3. The maximum absolute atomic E-state index is 12.7. The summed E-state index contributed by atoms with van der Waals surface area (Å²) in [6.45, 7) is 21.0. The Bertz CT molecular complexity index is 6430. The summed E-state index contributed by atoms with van der Waals surface area (Å²) in [5, 5.41) is 10.3. The molecule has 2 N–H and O–H groups in total. The molecular formula is C81H78ClN21O8. The number of fused-ring (bicyclic) bond motifs is 8. The summed E-state index contributed by atoms with van der Waals surface area (Å²) in [6.07, 6.45) is 23.0. The minimum atomic E-state index is -0.448. The third-order valence-electron chi connectivity index (χ3n) is 20.3. The first-order valence-electron chi connectivity index (χ1n) is 36.9. The van der Waals surface area contributed by atoms with Crippen LogP contribution in [0.3, 0.4) is 0 Å². The molecule has 0 aromatic carbocycles. The largest absolute Gasteiger partial charge is 0.422 e. The van der Waals surface area contributed by atoms with Crippen LogP contribution in [0.4, 0.5) is 23.3 Å². The van der Waals surface area contributed by atoms with E-state index in [1.165, 1.54) is 0 Å². The van der Waals surface area contributed by atoms with Crippen LogP contribution in [0.25, 0.3) is 112 Å². The molecule has 0 saturated carbocycles. The Kier molecular flexibility index (Phi) is 19.6. The predicted octanol–water partition coefficient (Wildman–Crippen LogP) is 9.70. The number of imidazole rings is 4. The van der Waals surface area contributed by atoms with E-state index >= 15 is 0 Å². The quantitative estimate of drug-likeness (QED) is 0.143.